The van der Waals surface area contributed by atoms with Crippen molar-refractivity contribution >= 4 is 5.78 Å². The maximum absolute atomic E-state index is 11.9. The van der Waals surface area contributed by atoms with Gasteiger partial charge in [-0.05, 0) is 24.5 Å². The Morgan fingerprint density at radius 2 is 2.28 bits per heavy atom. The lowest BCUT2D eigenvalue weighted by atomic mass is 9.94. The van der Waals surface area contributed by atoms with Crippen LogP contribution in [-0.2, 0) is 20.7 Å². The summed E-state index contributed by atoms with van der Waals surface area (Å²) >= 11 is 0. The molecule has 3 nitrogen and oxygen atoms in total. The molecule has 0 saturated carbocycles. The van der Waals surface area contributed by atoms with Crippen LogP contribution in [0.1, 0.15) is 37.0 Å². The molecule has 2 atom stereocenters. The summed E-state index contributed by atoms with van der Waals surface area (Å²) in [6.45, 7) is 2.61. The number of carbonyl (C=O) groups is 1. The van der Waals surface area contributed by atoms with E-state index in [4.69, 9.17) is 9.47 Å². The minimum absolute atomic E-state index is 0.0173. The predicted octanol–water partition coefficient (Wildman–Crippen LogP) is 2.68. The number of ketones is 1. The maximum atomic E-state index is 11.9. The highest BCUT2D eigenvalue weighted by molar-refractivity contribution is 5.79. The van der Waals surface area contributed by atoms with Crippen LogP contribution < -0.4 is 0 Å². The molecule has 2 unspecified atom stereocenters. The van der Waals surface area contributed by atoms with Crippen LogP contribution in [0.3, 0.4) is 0 Å². The standard InChI is InChI=1S/C15H20O3/c1-11(17-2)9-13(16)10-15-14-6-4-3-5-12(14)7-8-18-15/h3-6,11,15H,7-10H2,1-2H3. The van der Waals surface area contributed by atoms with E-state index in [-0.39, 0.29) is 18.0 Å². The molecular formula is C15H20O3. The van der Waals surface area contributed by atoms with Gasteiger partial charge in [0.25, 0.3) is 0 Å². The first-order chi connectivity index (χ1) is 8.70. The van der Waals surface area contributed by atoms with Crippen LogP contribution in [0.15, 0.2) is 24.3 Å². The van der Waals surface area contributed by atoms with Crippen molar-refractivity contribution in [3.05, 3.63) is 35.4 Å². The molecule has 18 heavy (non-hydrogen) atoms. The van der Waals surface area contributed by atoms with Crippen LogP contribution >= 0.6 is 0 Å². The number of carbonyl (C=O) groups excluding carboxylic acids is 1. The van der Waals surface area contributed by atoms with Gasteiger partial charge in [0.2, 0.25) is 0 Å². The van der Waals surface area contributed by atoms with E-state index in [1.165, 1.54) is 11.1 Å². The third-order valence-electron chi connectivity index (χ3n) is 3.42. The molecule has 2 rings (SSSR count). The SMILES string of the molecule is COC(C)CC(=O)CC1OCCc2ccccc21. The fraction of sp³-hybridized carbons (Fsp3) is 0.533. The summed E-state index contributed by atoms with van der Waals surface area (Å²) in [5.74, 6) is 0.200. The second-order valence-electron chi connectivity index (χ2n) is 4.80. The van der Waals surface area contributed by atoms with Gasteiger partial charge in [0, 0.05) is 20.0 Å². The lowest BCUT2D eigenvalue weighted by Crippen LogP contribution is -2.21. The molecule has 0 radical (unpaired) electrons. The van der Waals surface area contributed by atoms with Gasteiger partial charge in [0.15, 0.2) is 0 Å². The average Bonchev–Trinajstić information content (AvgIpc) is 2.39. The number of benzene rings is 1. The predicted molar refractivity (Wildman–Crippen MR) is 69.6 cm³/mol. The summed E-state index contributed by atoms with van der Waals surface area (Å²) in [5.41, 5.74) is 2.48. The molecule has 0 aliphatic carbocycles. The molecule has 0 spiro atoms. The molecular weight excluding hydrogens is 228 g/mol. The zero-order valence-corrected chi connectivity index (χ0v) is 11.0. The molecule has 0 saturated heterocycles. The van der Waals surface area contributed by atoms with Gasteiger partial charge >= 0.3 is 0 Å². The summed E-state index contributed by atoms with van der Waals surface area (Å²) in [6.07, 6.45) is 1.75. The third-order valence-corrected chi connectivity index (χ3v) is 3.42. The Bertz CT molecular complexity index is 414. The van der Waals surface area contributed by atoms with Crippen LogP contribution in [0.4, 0.5) is 0 Å². The number of rotatable bonds is 5. The maximum Gasteiger partial charge on any atom is 0.138 e. The molecule has 1 aliphatic rings. The van der Waals surface area contributed by atoms with Gasteiger partial charge in [-0.1, -0.05) is 24.3 Å². The summed E-state index contributed by atoms with van der Waals surface area (Å²) in [6, 6.07) is 8.22. The number of hydrogen-bond donors (Lipinski definition) is 0. The van der Waals surface area contributed by atoms with Crippen molar-refractivity contribution in [2.75, 3.05) is 13.7 Å². The number of hydrogen-bond acceptors (Lipinski definition) is 3. The van der Waals surface area contributed by atoms with E-state index >= 15 is 0 Å². The Hall–Kier alpha value is -1.19. The summed E-state index contributed by atoms with van der Waals surface area (Å²) < 4.78 is 10.8. The zero-order valence-electron chi connectivity index (χ0n) is 11.0. The van der Waals surface area contributed by atoms with Crippen molar-refractivity contribution in [3.63, 3.8) is 0 Å². The molecule has 0 bridgehead atoms. The monoisotopic (exact) mass is 248 g/mol. The smallest absolute Gasteiger partial charge is 0.138 e. The van der Waals surface area contributed by atoms with Crippen molar-refractivity contribution in [1.82, 2.24) is 0 Å². The number of methoxy groups -OCH3 is 1. The van der Waals surface area contributed by atoms with E-state index in [2.05, 4.69) is 12.1 Å². The fourth-order valence-corrected chi connectivity index (χ4v) is 2.34. The summed E-state index contributed by atoms with van der Waals surface area (Å²) in [4.78, 5) is 11.9. The van der Waals surface area contributed by atoms with E-state index in [0.717, 1.165) is 6.42 Å². The van der Waals surface area contributed by atoms with Crippen molar-refractivity contribution in [3.8, 4) is 0 Å². The molecule has 1 heterocycles. The van der Waals surface area contributed by atoms with Gasteiger partial charge in [-0.25, -0.2) is 0 Å². The minimum atomic E-state index is -0.0773. The lowest BCUT2D eigenvalue weighted by Gasteiger charge is -2.25. The largest absolute Gasteiger partial charge is 0.381 e. The lowest BCUT2D eigenvalue weighted by molar-refractivity contribution is -0.124. The first kappa shape index (κ1) is 13.2. The minimum Gasteiger partial charge on any atom is -0.381 e. The van der Waals surface area contributed by atoms with E-state index < -0.39 is 0 Å². The Morgan fingerprint density at radius 3 is 3.06 bits per heavy atom. The number of ether oxygens (including phenoxy) is 2. The third kappa shape index (κ3) is 3.18. The Balaban J connectivity index is 2.01. The van der Waals surface area contributed by atoms with Gasteiger partial charge in [0.05, 0.1) is 18.8 Å². The van der Waals surface area contributed by atoms with Crippen molar-refractivity contribution < 1.29 is 14.3 Å². The molecule has 1 aromatic rings. The number of Topliss-reactive ketones (excluding diaryl/α,β-unsaturated/α-hetero) is 1. The second-order valence-corrected chi connectivity index (χ2v) is 4.80. The van der Waals surface area contributed by atoms with E-state index in [1.807, 2.05) is 19.1 Å². The Kier molecular flexibility index (Phi) is 4.50. The van der Waals surface area contributed by atoms with Crippen LogP contribution in [0.5, 0.6) is 0 Å². The van der Waals surface area contributed by atoms with Crippen molar-refractivity contribution in [2.45, 2.75) is 38.4 Å². The van der Waals surface area contributed by atoms with Gasteiger partial charge in [0.1, 0.15) is 5.78 Å². The van der Waals surface area contributed by atoms with Crippen LogP contribution in [-0.4, -0.2) is 25.6 Å². The molecule has 1 aliphatic heterocycles. The molecule has 0 N–H and O–H groups in total. The topological polar surface area (TPSA) is 35.5 Å². The fourth-order valence-electron chi connectivity index (χ4n) is 2.34. The van der Waals surface area contributed by atoms with Crippen molar-refractivity contribution in [2.24, 2.45) is 0 Å². The molecule has 1 aromatic carbocycles. The first-order valence-electron chi connectivity index (χ1n) is 6.44. The molecule has 0 fully saturated rings. The zero-order chi connectivity index (χ0) is 13.0. The quantitative estimate of drug-likeness (QED) is 0.803. The normalized spacial score (nSPS) is 20.2. The molecule has 0 aromatic heterocycles. The van der Waals surface area contributed by atoms with Crippen LogP contribution in [0, 0.1) is 0 Å². The molecule has 98 valence electrons. The molecule has 3 heteroatoms. The summed E-state index contributed by atoms with van der Waals surface area (Å²) in [5, 5.41) is 0. The van der Waals surface area contributed by atoms with E-state index in [0.29, 0.717) is 19.4 Å². The van der Waals surface area contributed by atoms with Gasteiger partial charge in [-0.3, -0.25) is 4.79 Å². The highest BCUT2D eigenvalue weighted by Crippen LogP contribution is 2.30. The van der Waals surface area contributed by atoms with Gasteiger partial charge in [-0.2, -0.15) is 0 Å². The molecule has 0 amide bonds. The average molecular weight is 248 g/mol. The van der Waals surface area contributed by atoms with E-state index in [9.17, 15) is 4.79 Å². The van der Waals surface area contributed by atoms with Crippen molar-refractivity contribution in [1.29, 1.82) is 0 Å². The summed E-state index contributed by atoms with van der Waals surface area (Å²) in [7, 11) is 1.63. The van der Waals surface area contributed by atoms with Gasteiger partial charge < -0.3 is 9.47 Å². The highest BCUT2D eigenvalue weighted by atomic mass is 16.5. The Labute approximate surface area is 108 Å². The van der Waals surface area contributed by atoms with Crippen LogP contribution in [0.25, 0.3) is 0 Å². The van der Waals surface area contributed by atoms with E-state index in [1.54, 1.807) is 7.11 Å². The van der Waals surface area contributed by atoms with Crippen LogP contribution in [0.2, 0.25) is 0 Å². The second kappa shape index (κ2) is 6.12. The first-order valence-corrected chi connectivity index (χ1v) is 6.44. The van der Waals surface area contributed by atoms with Gasteiger partial charge in [-0.15, -0.1) is 0 Å². The highest BCUT2D eigenvalue weighted by Gasteiger charge is 2.23. The number of fused-ring (bicyclic) bond motifs is 1. The Morgan fingerprint density at radius 1 is 1.50 bits per heavy atom.